The van der Waals surface area contributed by atoms with Crippen molar-refractivity contribution in [2.75, 3.05) is 4.90 Å². The van der Waals surface area contributed by atoms with E-state index in [0.29, 0.717) is 39.3 Å². The predicted molar refractivity (Wildman–Crippen MR) is 136 cm³/mol. The van der Waals surface area contributed by atoms with E-state index in [1.54, 1.807) is 30.3 Å². The number of aryl methyl sites for hydroxylation is 3. The Hall–Kier alpha value is -3.55. The van der Waals surface area contributed by atoms with Crippen LogP contribution in [0, 0.1) is 20.8 Å². The molecule has 0 aliphatic rings. The van der Waals surface area contributed by atoms with E-state index in [0.717, 1.165) is 26.9 Å². The quantitative estimate of drug-likeness (QED) is 0.273. The smallest absolute Gasteiger partial charge is 0.266 e. The number of fused-ring (bicyclic) bond motifs is 1. The van der Waals surface area contributed by atoms with Gasteiger partial charge in [0.25, 0.3) is 5.91 Å². The van der Waals surface area contributed by atoms with Crippen molar-refractivity contribution >= 4 is 44.2 Å². The van der Waals surface area contributed by atoms with E-state index < -0.39 is 0 Å². The highest BCUT2D eigenvalue weighted by Gasteiger charge is 2.30. The van der Waals surface area contributed by atoms with Gasteiger partial charge in [-0.2, -0.15) is 0 Å². The van der Waals surface area contributed by atoms with Gasteiger partial charge in [-0.3, -0.25) is 14.7 Å². The minimum absolute atomic E-state index is 0.258. The highest BCUT2D eigenvalue weighted by atomic mass is 35.5. The highest BCUT2D eigenvalue weighted by Crippen LogP contribution is 2.36. The van der Waals surface area contributed by atoms with Crippen LogP contribution in [0.4, 0.5) is 5.13 Å². The highest BCUT2D eigenvalue weighted by molar-refractivity contribution is 7.22. The fourth-order valence-electron chi connectivity index (χ4n) is 3.83. The number of thiazole rings is 1. The number of pyridine rings is 1. The zero-order chi connectivity index (χ0) is 23.8. The molecule has 0 spiro atoms. The Balaban J connectivity index is 1.65. The number of aromatic nitrogens is 3. The molecule has 0 fully saturated rings. The summed E-state index contributed by atoms with van der Waals surface area (Å²) in [6.07, 6.45) is 3.46. The molecule has 3 heterocycles. The average molecular weight is 489 g/mol. The summed E-state index contributed by atoms with van der Waals surface area (Å²) in [5, 5.41) is 5.28. The first kappa shape index (κ1) is 22.3. The van der Waals surface area contributed by atoms with E-state index in [9.17, 15) is 4.79 Å². The number of benzene rings is 2. The lowest BCUT2D eigenvalue weighted by atomic mass is 10.0. The fraction of sp³-hybridized carbons (Fsp3) is 0.154. The van der Waals surface area contributed by atoms with Crippen LogP contribution in [0.25, 0.3) is 21.5 Å². The second-order valence-electron chi connectivity index (χ2n) is 8.05. The number of carbonyl (C=O) groups excluding carboxylic acids is 1. The van der Waals surface area contributed by atoms with Crippen LogP contribution in [0.1, 0.15) is 32.8 Å². The van der Waals surface area contributed by atoms with Crippen molar-refractivity contribution in [1.82, 2.24) is 15.1 Å². The molecule has 0 aliphatic carbocycles. The summed E-state index contributed by atoms with van der Waals surface area (Å²) in [4.78, 5) is 24.8. The second-order valence-corrected chi connectivity index (χ2v) is 9.46. The molecule has 170 valence electrons. The van der Waals surface area contributed by atoms with E-state index in [1.165, 1.54) is 11.3 Å². The predicted octanol–water partition coefficient (Wildman–Crippen LogP) is 6.77. The maximum absolute atomic E-state index is 14.1. The Morgan fingerprint density at radius 1 is 1.09 bits per heavy atom. The maximum Gasteiger partial charge on any atom is 0.266 e. The van der Waals surface area contributed by atoms with Crippen LogP contribution in [-0.4, -0.2) is 21.0 Å². The number of hydrogen-bond acceptors (Lipinski definition) is 6. The van der Waals surface area contributed by atoms with Crippen LogP contribution in [0.5, 0.6) is 0 Å². The SMILES string of the molecule is Cc1ccc2sc(N(Cc3cccnc3)C(=O)c3c(-c4ccccc4Cl)noc3C)nc2c1C. The third-order valence-electron chi connectivity index (χ3n) is 5.82. The van der Waals surface area contributed by atoms with E-state index in [1.807, 2.05) is 43.3 Å². The van der Waals surface area contributed by atoms with Gasteiger partial charge in [0.05, 0.1) is 21.8 Å². The van der Waals surface area contributed by atoms with E-state index in [2.05, 4.69) is 23.1 Å². The number of halogens is 1. The lowest BCUT2D eigenvalue weighted by molar-refractivity contribution is 0.0984. The summed E-state index contributed by atoms with van der Waals surface area (Å²) >= 11 is 7.91. The largest absolute Gasteiger partial charge is 0.360 e. The Morgan fingerprint density at radius 3 is 2.68 bits per heavy atom. The Morgan fingerprint density at radius 2 is 1.91 bits per heavy atom. The lowest BCUT2D eigenvalue weighted by Gasteiger charge is -2.20. The standard InChI is InChI=1S/C26H21ClN4O2S/c1-15-10-11-21-23(16(15)2)29-26(34-21)31(14-18-7-6-12-28-13-18)25(32)22-17(3)33-30-24(22)19-8-4-5-9-20(19)27/h4-13H,14H2,1-3H3. The van der Waals surface area contributed by atoms with Gasteiger partial charge < -0.3 is 4.52 Å². The summed E-state index contributed by atoms with van der Waals surface area (Å²) in [5.41, 5.74) is 5.47. The second kappa shape index (κ2) is 9.00. The van der Waals surface area contributed by atoms with Crippen molar-refractivity contribution in [3.8, 4) is 11.3 Å². The van der Waals surface area contributed by atoms with E-state index in [-0.39, 0.29) is 5.91 Å². The molecule has 2 aromatic carbocycles. The van der Waals surface area contributed by atoms with E-state index >= 15 is 0 Å². The zero-order valence-electron chi connectivity index (χ0n) is 18.9. The normalized spacial score (nSPS) is 11.2. The first-order valence-electron chi connectivity index (χ1n) is 10.7. The molecule has 3 aromatic heterocycles. The first-order valence-corrected chi connectivity index (χ1v) is 11.9. The zero-order valence-corrected chi connectivity index (χ0v) is 20.4. The monoisotopic (exact) mass is 488 g/mol. The molecular formula is C26H21ClN4O2S. The van der Waals surface area contributed by atoms with Crippen LogP contribution in [0.3, 0.4) is 0 Å². The van der Waals surface area contributed by atoms with Crippen molar-refractivity contribution in [3.63, 3.8) is 0 Å². The van der Waals surface area contributed by atoms with Crippen molar-refractivity contribution in [1.29, 1.82) is 0 Å². The minimum atomic E-state index is -0.258. The molecule has 0 N–H and O–H groups in total. The van der Waals surface area contributed by atoms with Gasteiger partial charge in [0.2, 0.25) is 0 Å². The molecule has 34 heavy (non-hydrogen) atoms. The van der Waals surface area contributed by atoms with Gasteiger partial charge in [-0.25, -0.2) is 4.98 Å². The number of hydrogen-bond donors (Lipinski definition) is 0. The molecule has 0 saturated carbocycles. The fourth-order valence-corrected chi connectivity index (χ4v) is 5.07. The van der Waals surface area contributed by atoms with Crippen LogP contribution < -0.4 is 4.90 Å². The maximum atomic E-state index is 14.1. The molecule has 0 aliphatic heterocycles. The van der Waals surface area contributed by atoms with Crippen molar-refractivity contribution in [2.24, 2.45) is 0 Å². The summed E-state index contributed by atoms with van der Waals surface area (Å²) in [7, 11) is 0. The van der Waals surface area contributed by atoms with Gasteiger partial charge in [0.15, 0.2) is 5.13 Å². The molecule has 0 unspecified atom stereocenters. The Kier molecular flexibility index (Phi) is 5.89. The molecule has 5 rings (SSSR count). The molecule has 0 radical (unpaired) electrons. The van der Waals surface area contributed by atoms with Crippen molar-refractivity contribution in [2.45, 2.75) is 27.3 Å². The topological polar surface area (TPSA) is 72.1 Å². The molecule has 5 aromatic rings. The third kappa shape index (κ3) is 3.97. The summed E-state index contributed by atoms with van der Waals surface area (Å²) < 4.78 is 6.49. The van der Waals surface area contributed by atoms with Gasteiger partial charge in [-0.15, -0.1) is 0 Å². The minimum Gasteiger partial charge on any atom is -0.360 e. The summed E-state index contributed by atoms with van der Waals surface area (Å²) in [6, 6.07) is 15.2. The average Bonchev–Trinajstić information content (AvgIpc) is 3.44. The summed E-state index contributed by atoms with van der Waals surface area (Å²) in [5.74, 6) is 0.162. The molecule has 0 atom stereocenters. The molecular weight excluding hydrogens is 468 g/mol. The number of amides is 1. The number of rotatable bonds is 5. The molecule has 0 saturated heterocycles. The molecule has 1 amide bonds. The van der Waals surface area contributed by atoms with Crippen LogP contribution >= 0.6 is 22.9 Å². The molecule has 8 heteroatoms. The molecule has 0 bridgehead atoms. The van der Waals surface area contributed by atoms with Gasteiger partial charge in [0.1, 0.15) is 17.0 Å². The van der Waals surface area contributed by atoms with Crippen molar-refractivity contribution < 1.29 is 9.32 Å². The summed E-state index contributed by atoms with van der Waals surface area (Å²) in [6.45, 7) is 6.14. The van der Waals surface area contributed by atoms with Gasteiger partial charge in [-0.1, -0.05) is 58.4 Å². The van der Waals surface area contributed by atoms with Gasteiger partial charge in [-0.05, 0) is 55.7 Å². The van der Waals surface area contributed by atoms with Crippen LogP contribution in [0.2, 0.25) is 5.02 Å². The van der Waals surface area contributed by atoms with Crippen LogP contribution in [0.15, 0.2) is 65.4 Å². The number of anilines is 1. The Bertz CT molecular complexity index is 1510. The van der Waals surface area contributed by atoms with Gasteiger partial charge >= 0.3 is 0 Å². The van der Waals surface area contributed by atoms with Crippen molar-refractivity contribution in [3.05, 3.63) is 94.0 Å². The van der Waals surface area contributed by atoms with Crippen LogP contribution in [-0.2, 0) is 6.54 Å². The van der Waals surface area contributed by atoms with Gasteiger partial charge in [0, 0.05) is 18.0 Å². The lowest BCUT2D eigenvalue weighted by Crippen LogP contribution is -2.31. The number of carbonyl (C=O) groups is 1. The molecule has 6 nitrogen and oxygen atoms in total. The third-order valence-corrected chi connectivity index (χ3v) is 7.19. The number of nitrogens with zero attached hydrogens (tertiary/aromatic N) is 4. The van der Waals surface area contributed by atoms with E-state index in [4.69, 9.17) is 21.1 Å². The first-order chi connectivity index (χ1) is 16.4. The Labute approximate surface area is 205 Å².